The Hall–Kier alpha value is -2.51. The number of hydrogen-bond donors (Lipinski definition) is 1. The average molecular weight is 287 g/mol. The molecule has 0 fully saturated rings. The van der Waals surface area contributed by atoms with Crippen LogP contribution in [0.4, 0.5) is 5.69 Å². The van der Waals surface area contributed by atoms with Crippen LogP contribution in [0.1, 0.15) is 10.4 Å². The molecule has 1 amide bonds. The maximum Gasteiger partial charge on any atom is 0.255 e. The van der Waals surface area contributed by atoms with Crippen molar-refractivity contribution in [2.45, 2.75) is 0 Å². The van der Waals surface area contributed by atoms with Crippen molar-refractivity contribution in [3.05, 3.63) is 59.1 Å². The van der Waals surface area contributed by atoms with Crippen molar-refractivity contribution in [3.8, 4) is 11.8 Å². The molecule has 0 saturated carbocycles. The summed E-state index contributed by atoms with van der Waals surface area (Å²) in [4.78, 5) is 12.0. The van der Waals surface area contributed by atoms with E-state index in [-0.39, 0.29) is 12.5 Å². The summed E-state index contributed by atoms with van der Waals surface area (Å²) < 4.78 is 5.12. The van der Waals surface area contributed by atoms with Crippen LogP contribution in [0, 0.1) is 11.3 Å². The molecule has 0 saturated heterocycles. The fourth-order valence-corrected chi connectivity index (χ4v) is 1.77. The Morgan fingerprint density at radius 1 is 1.25 bits per heavy atom. The lowest BCUT2D eigenvalue weighted by Crippen LogP contribution is -2.11. The lowest BCUT2D eigenvalue weighted by molar-refractivity contribution is 0.102. The summed E-state index contributed by atoms with van der Waals surface area (Å²) in [5, 5.41) is 11.7. The van der Waals surface area contributed by atoms with E-state index >= 15 is 0 Å². The van der Waals surface area contributed by atoms with Gasteiger partial charge in [-0.25, -0.2) is 0 Å². The van der Waals surface area contributed by atoms with Gasteiger partial charge in [0, 0.05) is 16.3 Å². The molecule has 0 aliphatic rings. The molecule has 2 aromatic carbocycles. The number of nitrogens with one attached hydrogen (secondary N) is 1. The molecule has 0 bridgehead atoms. The number of carbonyl (C=O) groups excluding carboxylic acids is 1. The van der Waals surface area contributed by atoms with Gasteiger partial charge in [-0.1, -0.05) is 17.7 Å². The summed E-state index contributed by atoms with van der Waals surface area (Å²) in [6.07, 6.45) is 0. The third-order valence-corrected chi connectivity index (χ3v) is 2.74. The fourth-order valence-electron chi connectivity index (χ4n) is 1.58. The third-order valence-electron chi connectivity index (χ3n) is 2.50. The van der Waals surface area contributed by atoms with Gasteiger partial charge in [0.05, 0.1) is 0 Å². The summed E-state index contributed by atoms with van der Waals surface area (Å²) >= 11 is 5.84. The first-order valence-electron chi connectivity index (χ1n) is 5.86. The zero-order valence-electron chi connectivity index (χ0n) is 10.5. The molecule has 0 spiro atoms. The first-order chi connectivity index (χ1) is 9.69. The number of amides is 1. The molecular weight excluding hydrogens is 276 g/mol. The highest BCUT2D eigenvalue weighted by atomic mass is 35.5. The molecule has 0 aromatic heterocycles. The average Bonchev–Trinajstić information content (AvgIpc) is 2.46. The SMILES string of the molecule is N#CCOc1ccc(NC(=O)c2cccc(Cl)c2)cc1. The minimum absolute atomic E-state index is 0.00573. The van der Waals surface area contributed by atoms with E-state index in [0.29, 0.717) is 22.0 Å². The fraction of sp³-hybridized carbons (Fsp3) is 0.0667. The second-order valence-corrected chi connectivity index (χ2v) is 4.37. The minimum atomic E-state index is -0.238. The van der Waals surface area contributed by atoms with Crippen LogP contribution in [-0.4, -0.2) is 12.5 Å². The summed E-state index contributed by atoms with van der Waals surface area (Å²) in [5.41, 5.74) is 1.13. The van der Waals surface area contributed by atoms with Crippen LogP contribution < -0.4 is 10.1 Å². The predicted molar refractivity (Wildman–Crippen MR) is 77.0 cm³/mol. The van der Waals surface area contributed by atoms with Gasteiger partial charge in [-0.3, -0.25) is 4.79 Å². The molecule has 5 heteroatoms. The van der Waals surface area contributed by atoms with Gasteiger partial charge in [0.1, 0.15) is 11.8 Å². The van der Waals surface area contributed by atoms with Crippen molar-refractivity contribution in [2.75, 3.05) is 11.9 Å². The highest BCUT2D eigenvalue weighted by Gasteiger charge is 2.06. The lowest BCUT2D eigenvalue weighted by Gasteiger charge is -2.07. The van der Waals surface area contributed by atoms with Gasteiger partial charge < -0.3 is 10.1 Å². The number of carbonyl (C=O) groups is 1. The molecule has 2 aromatic rings. The standard InChI is InChI=1S/C15H11ClN2O2/c16-12-3-1-2-11(10-12)15(19)18-13-4-6-14(7-5-13)20-9-8-17/h1-7,10H,9H2,(H,18,19). The van der Waals surface area contributed by atoms with Crippen molar-refractivity contribution >= 4 is 23.2 Å². The number of nitriles is 1. The Bertz CT molecular complexity index is 648. The number of halogens is 1. The zero-order chi connectivity index (χ0) is 14.4. The first-order valence-corrected chi connectivity index (χ1v) is 6.23. The summed E-state index contributed by atoms with van der Waals surface area (Å²) in [5.74, 6) is 0.338. The number of ether oxygens (including phenoxy) is 1. The van der Waals surface area contributed by atoms with E-state index in [1.165, 1.54) is 0 Å². The first kappa shape index (κ1) is 13.9. The number of nitrogens with zero attached hydrogens (tertiary/aromatic N) is 1. The largest absolute Gasteiger partial charge is 0.479 e. The van der Waals surface area contributed by atoms with E-state index in [2.05, 4.69) is 5.32 Å². The molecule has 20 heavy (non-hydrogen) atoms. The zero-order valence-corrected chi connectivity index (χ0v) is 11.2. The topological polar surface area (TPSA) is 62.1 Å². The highest BCUT2D eigenvalue weighted by molar-refractivity contribution is 6.31. The molecule has 0 radical (unpaired) electrons. The molecule has 0 atom stereocenters. The Kier molecular flexibility index (Phi) is 4.59. The number of hydrogen-bond acceptors (Lipinski definition) is 3. The minimum Gasteiger partial charge on any atom is -0.479 e. The molecule has 1 N–H and O–H groups in total. The van der Waals surface area contributed by atoms with Gasteiger partial charge in [0.15, 0.2) is 6.61 Å². The molecular formula is C15H11ClN2O2. The Morgan fingerprint density at radius 2 is 2.00 bits per heavy atom. The normalized spacial score (nSPS) is 9.60. The third kappa shape index (κ3) is 3.74. The number of anilines is 1. The second-order valence-electron chi connectivity index (χ2n) is 3.94. The number of benzene rings is 2. The monoisotopic (exact) mass is 286 g/mol. The lowest BCUT2D eigenvalue weighted by atomic mass is 10.2. The maximum atomic E-state index is 12.0. The van der Waals surface area contributed by atoms with Crippen molar-refractivity contribution in [1.29, 1.82) is 5.26 Å². The van der Waals surface area contributed by atoms with Gasteiger partial charge >= 0.3 is 0 Å². The van der Waals surface area contributed by atoms with E-state index in [1.807, 2.05) is 6.07 Å². The van der Waals surface area contributed by atoms with Crippen LogP contribution in [0.15, 0.2) is 48.5 Å². The van der Waals surface area contributed by atoms with Crippen molar-refractivity contribution < 1.29 is 9.53 Å². The summed E-state index contributed by atoms with van der Waals surface area (Å²) in [6.45, 7) is -0.00573. The van der Waals surface area contributed by atoms with Gasteiger partial charge in [-0.2, -0.15) is 5.26 Å². The van der Waals surface area contributed by atoms with E-state index in [0.717, 1.165) is 0 Å². The summed E-state index contributed by atoms with van der Waals surface area (Å²) in [7, 11) is 0. The summed E-state index contributed by atoms with van der Waals surface area (Å²) in [6, 6.07) is 15.4. The molecule has 0 aliphatic heterocycles. The Morgan fingerprint density at radius 3 is 2.65 bits per heavy atom. The van der Waals surface area contributed by atoms with Crippen LogP contribution in [0.3, 0.4) is 0 Å². The van der Waals surface area contributed by atoms with Crippen molar-refractivity contribution in [2.24, 2.45) is 0 Å². The van der Waals surface area contributed by atoms with E-state index in [4.69, 9.17) is 21.6 Å². The van der Waals surface area contributed by atoms with Gasteiger partial charge in [0.25, 0.3) is 5.91 Å². The predicted octanol–water partition coefficient (Wildman–Crippen LogP) is 3.49. The van der Waals surface area contributed by atoms with Gasteiger partial charge in [-0.05, 0) is 42.5 Å². The quantitative estimate of drug-likeness (QED) is 0.936. The van der Waals surface area contributed by atoms with Crippen LogP contribution in [0.5, 0.6) is 5.75 Å². The maximum absolute atomic E-state index is 12.0. The van der Waals surface area contributed by atoms with E-state index < -0.39 is 0 Å². The Balaban J connectivity index is 2.03. The van der Waals surface area contributed by atoms with E-state index in [9.17, 15) is 4.79 Å². The van der Waals surface area contributed by atoms with Crippen molar-refractivity contribution in [3.63, 3.8) is 0 Å². The van der Waals surface area contributed by atoms with Crippen LogP contribution in [0.2, 0.25) is 5.02 Å². The van der Waals surface area contributed by atoms with Gasteiger partial charge in [-0.15, -0.1) is 0 Å². The Labute approximate surface area is 121 Å². The molecule has 100 valence electrons. The second kappa shape index (κ2) is 6.60. The molecule has 2 rings (SSSR count). The smallest absolute Gasteiger partial charge is 0.255 e. The van der Waals surface area contributed by atoms with Crippen LogP contribution >= 0.6 is 11.6 Å². The highest BCUT2D eigenvalue weighted by Crippen LogP contribution is 2.17. The van der Waals surface area contributed by atoms with Crippen LogP contribution in [-0.2, 0) is 0 Å². The molecule has 0 heterocycles. The molecule has 0 unspecified atom stereocenters. The molecule has 4 nitrogen and oxygen atoms in total. The number of rotatable bonds is 4. The van der Waals surface area contributed by atoms with E-state index in [1.54, 1.807) is 48.5 Å². The molecule has 0 aliphatic carbocycles. The van der Waals surface area contributed by atoms with Crippen LogP contribution in [0.25, 0.3) is 0 Å². The van der Waals surface area contributed by atoms with Gasteiger partial charge in [0.2, 0.25) is 0 Å². The van der Waals surface area contributed by atoms with Crippen molar-refractivity contribution in [1.82, 2.24) is 0 Å².